The number of nitrogens with zero attached hydrogens (tertiary/aromatic N) is 1. The molecule has 0 aromatic heterocycles. The number of methoxy groups -OCH3 is 1. The molecule has 0 radical (unpaired) electrons. The molecule has 28 heavy (non-hydrogen) atoms. The van der Waals surface area contributed by atoms with Gasteiger partial charge in [0.2, 0.25) is 0 Å². The maximum Gasteiger partial charge on any atom is 0.271 e. The van der Waals surface area contributed by atoms with Crippen molar-refractivity contribution >= 4 is 12.1 Å². The second-order valence-electron chi connectivity index (χ2n) is 6.21. The third-order valence-corrected chi connectivity index (χ3v) is 4.27. The molecule has 0 spiro atoms. The van der Waals surface area contributed by atoms with Crippen molar-refractivity contribution in [3.63, 3.8) is 0 Å². The molecule has 5 heteroatoms. The topological polar surface area (TPSA) is 59.9 Å². The summed E-state index contributed by atoms with van der Waals surface area (Å²) in [6.07, 6.45) is 1.59. The maximum atomic E-state index is 12.1. The number of hydrogen-bond acceptors (Lipinski definition) is 4. The molecule has 3 aromatic rings. The summed E-state index contributed by atoms with van der Waals surface area (Å²) >= 11 is 0. The molecule has 0 bridgehead atoms. The number of nitrogens with one attached hydrogen (secondary N) is 1. The molecule has 3 aromatic carbocycles. The number of ether oxygens (including phenoxy) is 2. The van der Waals surface area contributed by atoms with E-state index in [0.717, 1.165) is 16.9 Å². The first-order valence-electron chi connectivity index (χ1n) is 8.90. The first-order valence-corrected chi connectivity index (χ1v) is 8.90. The van der Waals surface area contributed by atoms with Crippen LogP contribution in [-0.4, -0.2) is 19.2 Å². The Labute approximate surface area is 164 Å². The summed E-state index contributed by atoms with van der Waals surface area (Å²) in [6, 6.07) is 22.5. The molecule has 0 aliphatic rings. The standard InChI is InChI=1S/C23H22N2O3/c1-17-5-3-4-6-20(17)16-28-22-11-7-18(8-12-22)15-24-25-23(26)19-9-13-21(27-2)14-10-19/h3-15H,16H2,1-2H3,(H,25,26). The highest BCUT2D eigenvalue weighted by Crippen LogP contribution is 2.15. The number of benzene rings is 3. The van der Waals surface area contributed by atoms with Crippen LogP contribution in [0.25, 0.3) is 0 Å². The number of carbonyl (C=O) groups excluding carboxylic acids is 1. The van der Waals surface area contributed by atoms with Gasteiger partial charge >= 0.3 is 0 Å². The van der Waals surface area contributed by atoms with Gasteiger partial charge in [-0.2, -0.15) is 5.10 Å². The Morgan fingerprint density at radius 1 is 0.964 bits per heavy atom. The fraction of sp³-hybridized carbons (Fsp3) is 0.130. The lowest BCUT2D eigenvalue weighted by Gasteiger charge is -2.08. The van der Waals surface area contributed by atoms with Crippen LogP contribution in [0, 0.1) is 6.92 Å². The number of aryl methyl sites for hydroxylation is 1. The van der Waals surface area contributed by atoms with E-state index in [2.05, 4.69) is 29.6 Å². The number of amides is 1. The van der Waals surface area contributed by atoms with Gasteiger partial charge in [-0.05, 0) is 72.1 Å². The van der Waals surface area contributed by atoms with Crippen molar-refractivity contribution in [3.8, 4) is 11.5 Å². The smallest absolute Gasteiger partial charge is 0.271 e. The van der Waals surface area contributed by atoms with Crippen LogP contribution in [0.5, 0.6) is 11.5 Å². The first-order chi connectivity index (χ1) is 13.7. The van der Waals surface area contributed by atoms with E-state index in [1.807, 2.05) is 36.4 Å². The van der Waals surface area contributed by atoms with Crippen LogP contribution < -0.4 is 14.9 Å². The SMILES string of the molecule is COc1ccc(C(=O)NN=Cc2ccc(OCc3ccccc3C)cc2)cc1. The van der Waals surface area contributed by atoms with Crippen LogP contribution in [0.4, 0.5) is 0 Å². The van der Waals surface area contributed by atoms with Crippen LogP contribution in [0.15, 0.2) is 77.9 Å². The summed E-state index contributed by atoms with van der Waals surface area (Å²) in [6.45, 7) is 2.59. The van der Waals surface area contributed by atoms with E-state index >= 15 is 0 Å². The van der Waals surface area contributed by atoms with E-state index < -0.39 is 0 Å². The van der Waals surface area contributed by atoms with Crippen molar-refractivity contribution in [1.29, 1.82) is 0 Å². The van der Waals surface area contributed by atoms with Crippen LogP contribution in [0.2, 0.25) is 0 Å². The molecule has 5 nitrogen and oxygen atoms in total. The van der Waals surface area contributed by atoms with Gasteiger partial charge in [-0.15, -0.1) is 0 Å². The zero-order valence-electron chi connectivity index (χ0n) is 15.9. The molecule has 0 aliphatic heterocycles. The number of hydrazone groups is 1. The van der Waals surface area contributed by atoms with Crippen molar-refractivity contribution in [3.05, 3.63) is 95.1 Å². The van der Waals surface area contributed by atoms with Crippen LogP contribution in [-0.2, 0) is 6.61 Å². The highest BCUT2D eigenvalue weighted by atomic mass is 16.5. The molecule has 0 heterocycles. The van der Waals surface area contributed by atoms with Crippen LogP contribution in [0.1, 0.15) is 27.0 Å². The van der Waals surface area contributed by atoms with Crippen molar-refractivity contribution in [2.75, 3.05) is 7.11 Å². The van der Waals surface area contributed by atoms with E-state index in [1.165, 1.54) is 5.56 Å². The molecule has 0 unspecified atom stereocenters. The van der Waals surface area contributed by atoms with Gasteiger partial charge in [-0.25, -0.2) is 5.43 Å². The summed E-state index contributed by atoms with van der Waals surface area (Å²) in [5.74, 6) is 1.20. The first kappa shape index (κ1) is 19.2. The van der Waals surface area contributed by atoms with Gasteiger partial charge in [0.15, 0.2) is 0 Å². The minimum Gasteiger partial charge on any atom is -0.497 e. The lowest BCUT2D eigenvalue weighted by molar-refractivity contribution is 0.0955. The normalized spacial score (nSPS) is 10.6. The molecule has 0 saturated carbocycles. The molecule has 0 saturated heterocycles. The zero-order valence-corrected chi connectivity index (χ0v) is 15.9. The van der Waals surface area contributed by atoms with Gasteiger partial charge in [-0.3, -0.25) is 4.79 Å². The van der Waals surface area contributed by atoms with Gasteiger partial charge in [0.25, 0.3) is 5.91 Å². The Balaban J connectivity index is 1.51. The number of rotatable bonds is 7. The van der Waals surface area contributed by atoms with Gasteiger partial charge in [-0.1, -0.05) is 24.3 Å². The zero-order chi connectivity index (χ0) is 19.8. The maximum absolute atomic E-state index is 12.1. The van der Waals surface area contributed by atoms with E-state index in [9.17, 15) is 4.79 Å². The van der Waals surface area contributed by atoms with Crippen LogP contribution in [0.3, 0.4) is 0 Å². The minimum atomic E-state index is -0.280. The highest BCUT2D eigenvalue weighted by Gasteiger charge is 2.04. The third-order valence-electron chi connectivity index (χ3n) is 4.27. The average Bonchev–Trinajstić information content (AvgIpc) is 2.74. The van der Waals surface area contributed by atoms with Gasteiger partial charge in [0.05, 0.1) is 13.3 Å². The molecule has 0 aliphatic carbocycles. The predicted molar refractivity (Wildman–Crippen MR) is 110 cm³/mol. The van der Waals surface area contributed by atoms with Gasteiger partial charge in [0, 0.05) is 5.56 Å². The summed E-state index contributed by atoms with van der Waals surface area (Å²) in [7, 11) is 1.58. The van der Waals surface area contributed by atoms with E-state index in [4.69, 9.17) is 9.47 Å². The van der Waals surface area contributed by atoms with Crippen molar-refractivity contribution in [2.45, 2.75) is 13.5 Å². The summed E-state index contributed by atoms with van der Waals surface area (Å²) in [5.41, 5.74) is 6.25. The van der Waals surface area contributed by atoms with Crippen molar-refractivity contribution < 1.29 is 14.3 Å². The van der Waals surface area contributed by atoms with E-state index in [1.54, 1.807) is 37.6 Å². The third kappa shape index (κ3) is 5.20. The fourth-order valence-electron chi connectivity index (χ4n) is 2.56. The van der Waals surface area contributed by atoms with Crippen LogP contribution >= 0.6 is 0 Å². The molecular formula is C23H22N2O3. The summed E-state index contributed by atoms with van der Waals surface area (Å²) in [5, 5.41) is 4.00. The van der Waals surface area contributed by atoms with Gasteiger partial charge in [0.1, 0.15) is 18.1 Å². The fourth-order valence-corrected chi connectivity index (χ4v) is 2.56. The Bertz CT molecular complexity index is 948. The monoisotopic (exact) mass is 374 g/mol. The molecule has 1 amide bonds. The van der Waals surface area contributed by atoms with E-state index in [-0.39, 0.29) is 5.91 Å². The molecule has 1 N–H and O–H groups in total. The van der Waals surface area contributed by atoms with Crippen molar-refractivity contribution in [2.24, 2.45) is 5.10 Å². The van der Waals surface area contributed by atoms with Gasteiger partial charge < -0.3 is 9.47 Å². The number of hydrogen-bond donors (Lipinski definition) is 1. The molecule has 0 fully saturated rings. The summed E-state index contributed by atoms with van der Waals surface area (Å²) < 4.78 is 10.9. The van der Waals surface area contributed by atoms with E-state index in [0.29, 0.717) is 17.9 Å². The lowest BCUT2D eigenvalue weighted by Crippen LogP contribution is -2.17. The molecular weight excluding hydrogens is 352 g/mol. The second-order valence-corrected chi connectivity index (χ2v) is 6.21. The Morgan fingerprint density at radius 2 is 1.64 bits per heavy atom. The minimum absolute atomic E-state index is 0.280. The highest BCUT2D eigenvalue weighted by molar-refractivity contribution is 5.95. The lowest BCUT2D eigenvalue weighted by atomic mass is 10.1. The Hall–Kier alpha value is -3.60. The summed E-state index contributed by atoms with van der Waals surface area (Å²) in [4.78, 5) is 12.1. The Kier molecular flexibility index (Phi) is 6.41. The molecule has 142 valence electrons. The predicted octanol–water partition coefficient (Wildman–Crippen LogP) is 4.35. The van der Waals surface area contributed by atoms with Crippen molar-refractivity contribution in [1.82, 2.24) is 5.43 Å². The molecule has 3 rings (SSSR count). The largest absolute Gasteiger partial charge is 0.497 e. The molecule has 0 atom stereocenters. The quantitative estimate of drug-likeness (QED) is 0.494. The Morgan fingerprint density at radius 3 is 2.32 bits per heavy atom. The number of carbonyl (C=O) groups is 1. The average molecular weight is 374 g/mol. The second kappa shape index (κ2) is 9.37.